The lowest BCUT2D eigenvalue weighted by Gasteiger charge is -2.10. The molecule has 0 aliphatic rings. The zero-order valence-corrected chi connectivity index (χ0v) is 16.4. The summed E-state index contributed by atoms with van der Waals surface area (Å²) < 4.78 is 10.3. The van der Waals surface area contributed by atoms with E-state index < -0.39 is 18.5 Å². The van der Waals surface area contributed by atoms with Crippen molar-refractivity contribution < 1.29 is 28.6 Å². The Morgan fingerprint density at radius 1 is 1.07 bits per heavy atom. The molecule has 0 aliphatic carbocycles. The van der Waals surface area contributed by atoms with Crippen LogP contribution in [0, 0.1) is 0 Å². The van der Waals surface area contributed by atoms with Gasteiger partial charge >= 0.3 is 5.97 Å². The number of carbonyl (C=O) groups excluding carboxylic acids is 3. The van der Waals surface area contributed by atoms with Gasteiger partial charge in [-0.1, -0.05) is 25.1 Å². The summed E-state index contributed by atoms with van der Waals surface area (Å²) in [6.45, 7) is 1.26. The molecule has 1 heterocycles. The number of phenolic OH excluding ortho intramolecular Hbond substituents is 1. The Labute approximate surface area is 172 Å². The van der Waals surface area contributed by atoms with Crippen molar-refractivity contribution in [3.63, 3.8) is 0 Å². The minimum Gasteiger partial charge on any atom is -0.508 e. The van der Waals surface area contributed by atoms with Crippen molar-refractivity contribution in [2.24, 2.45) is 0 Å². The van der Waals surface area contributed by atoms with E-state index in [-0.39, 0.29) is 24.6 Å². The van der Waals surface area contributed by atoms with Crippen LogP contribution < -0.4 is 10.6 Å². The van der Waals surface area contributed by atoms with E-state index in [0.717, 1.165) is 12.0 Å². The topological polar surface area (TPSA) is 118 Å². The first-order chi connectivity index (χ1) is 14.5. The number of esters is 1. The molecule has 0 radical (unpaired) electrons. The van der Waals surface area contributed by atoms with Crippen LogP contribution in [0.15, 0.2) is 53.1 Å². The van der Waals surface area contributed by atoms with Gasteiger partial charge < -0.3 is 24.9 Å². The van der Waals surface area contributed by atoms with Crippen LogP contribution in [0.3, 0.4) is 0 Å². The summed E-state index contributed by atoms with van der Waals surface area (Å²) in [5.74, 6) is -1.50. The first-order valence-electron chi connectivity index (χ1n) is 9.45. The first-order valence-corrected chi connectivity index (χ1v) is 9.45. The SMILES string of the molecule is CCc1ccccc1NC(=O)CNC(=O)COC(=O)Cc1coc2cc(O)ccc12. The second-order valence-corrected chi connectivity index (χ2v) is 6.61. The third kappa shape index (κ3) is 5.38. The molecule has 8 heteroatoms. The van der Waals surface area contributed by atoms with E-state index in [9.17, 15) is 19.5 Å². The molecule has 0 aliphatic heterocycles. The minimum absolute atomic E-state index is 0.0601. The van der Waals surface area contributed by atoms with E-state index >= 15 is 0 Å². The van der Waals surface area contributed by atoms with Crippen molar-refractivity contribution in [1.29, 1.82) is 0 Å². The average Bonchev–Trinajstić information content (AvgIpc) is 3.12. The largest absolute Gasteiger partial charge is 0.508 e. The van der Waals surface area contributed by atoms with E-state index in [4.69, 9.17) is 9.15 Å². The van der Waals surface area contributed by atoms with Crippen LogP contribution in [0.2, 0.25) is 0 Å². The zero-order valence-electron chi connectivity index (χ0n) is 16.4. The molecule has 0 bridgehead atoms. The Kier molecular flexibility index (Phi) is 6.69. The van der Waals surface area contributed by atoms with Crippen LogP contribution >= 0.6 is 0 Å². The van der Waals surface area contributed by atoms with Crippen molar-refractivity contribution in [3.05, 3.63) is 59.9 Å². The summed E-state index contributed by atoms with van der Waals surface area (Å²) in [6, 6.07) is 12.0. The number of phenols is 1. The van der Waals surface area contributed by atoms with Crippen LogP contribution in [0.4, 0.5) is 5.69 Å². The molecule has 2 amide bonds. The number of furan rings is 1. The molecule has 0 saturated carbocycles. The molecular weight excluding hydrogens is 388 g/mol. The van der Waals surface area contributed by atoms with Gasteiger partial charge in [-0.15, -0.1) is 0 Å². The van der Waals surface area contributed by atoms with Crippen molar-refractivity contribution in [2.45, 2.75) is 19.8 Å². The normalized spacial score (nSPS) is 10.6. The number of aryl methyl sites for hydroxylation is 1. The predicted molar refractivity (Wildman–Crippen MR) is 110 cm³/mol. The lowest BCUT2D eigenvalue weighted by atomic mass is 10.1. The van der Waals surface area contributed by atoms with E-state index in [1.54, 1.807) is 12.1 Å². The highest BCUT2D eigenvalue weighted by Crippen LogP contribution is 2.25. The fourth-order valence-electron chi connectivity index (χ4n) is 2.94. The number of carbonyl (C=O) groups is 3. The summed E-state index contributed by atoms with van der Waals surface area (Å²) in [4.78, 5) is 35.9. The number of ether oxygens (including phenoxy) is 1. The van der Waals surface area contributed by atoms with Gasteiger partial charge in [-0.2, -0.15) is 0 Å². The number of hydrogen-bond acceptors (Lipinski definition) is 6. The number of benzene rings is 2. The maximum absolute atomic E-state index is 12.0. The van der Waals surface area contributed by atoms with Crippen LogP contribution in [0.1, 0.15) is 18.1 Å². The average molecular weight is 410 g/mol. The Morgan fingerprint density at radius 2 is 1.87 bits per heavy atom. The highest BCUT2D eigenvalue weighted by atomic mass is 16.5. The van der Waals surface area contributed by atoms with Crippen molar-refractivity contribution in [1.82, 2.24) is 5.32 Å². The molecule has 0 spiro atoms. The van der Waals surface area contributed by atoms with Gasteiger partial charge in [0.05, 0.1) is 19.2 Å². The molecule has 2 aromatic carbocycles. The number of amides is 2. The van der Waals surface area contributed by atoms with Gasteiger partial charge in [0.1, 0.15) is 11.3 Å². The van der Waals surface area contributed by atoms with E-state index in [0.29, 0.717) is 22.2 Å². The number of rotatable bonds is 8. The van der Waals surface area contributed by atoms with Crippen LogP contribution in [0.25, 0.3) is 11.0 Å². The lowest BCUT2D eigenvalue weighted by molar-refractivity contribution is -0.147. The van der Waals surface area contributed by atoms with Gasteiger partial charge in [-0.05, 0) is 30.2 Å². The maximum atomic E-state index is 12.0. The number of nitrogens with one attached hydrogen (secondary N) is 2. The molecule has 0 atom stereocenters. The smallest absolute Gasteiger partial charge is 0.310 e. The molecular formula is C22H22N2O6. The molecule has 1 aromatic heterocycles. The van der Waals surface area contributed by atoms with Gasteiger partial charge in [0.15, 0.2) is 6.61 Å². The second kappa shape index (κ2) is 9.60. The van der Waals surface area contributed by atoms with Crippen molar-refractivity contribution in [2.75, 3.05) is 18.5 Å². The highest BCUT2D eigenvalue weighted by Gasteiger charge is 2.14. The van der Waals surface area contributed by atoms with E-state index in [1.807, 2.05) is 25.1 Å². The summed E-state index contributed by atoms with van der Waals surface area (Å²) in [5, 5.41) is 15.3. The Hall–Kier alpha value is -3.81. The summed E-state index contributed by atoms with van der Waals surface area (Å²) in [6.07, 6.45) is 2.09. The van der Waals surface area contributed by atoms with Crippen LogP contribution in [0.5, 0.6) is 5.75 Å². The standard InChI is InChI=1S/C22H22N2O6/c1-2-14-5-3-4-6-18(14)24-20(26)11-23-21(27)13-30-22(28)9-15-12-29-19-10-16(25)7-8-17(15)19/h3-8,10,12,25H,2,9,11,13H2,1H3,(H,23,27)(H,24,26). The van der Waals surface area contributed by atoms with Crippen LogP contribution in [-0.4, -0.2) is 36.0 Å². The van der Waals surface area contributed by atoms with E-state index in [2.05, 4.69) is 10.6 Å². The molecule has 156 valence electrons. The number of hydrogen-bond donors (Lipinski definition) is 3. The maximum Gasteiger partial charge on any atom is 0.310 e. The van der Waals surface area contributed by atoms with Crippen molar-refractivity contribution >= 4 is 34.4 Å². The fraction of sp³-hybridized carbons (Fsp3) is 0.227. The minimum atomic E-state index is -0.609. The molecule has 3 aromatic rings. The van der Waals surface area contributed by atoms with Gasteiger partial charge in [-0.25, -0.2) is 0 Å². The summed E-state index contributed by atoms with van der Waals surface area (Å²) >= 11 is 0. The van der Waals surface area contributed by atoms with Crippen LogP contribution in [-0.2, 0) is 32.0 Å². The molecule has 3 rings (SSSR count). The second-order valence-electron chi connectivity index (χ2n) is 6.61. The molecule has 0 fully saturated rings. The van der Waals surface area contributed by atoms with Gasteiger partial charge in [0.2, 0.25) is 5.91 Å². The zero-order chi connectivity index (χ0) is 21.5. The number of aromatic hydroxyl groups is 1. The Bertz CT molecular complexity index is 1070. The molecule has 30 heavy (non-hydrogen) atoms. The number of para-hydroxylation sites is 1. The monoisotopic (exact) mass is 410 g/mol. The fourth-order valence-corrected chi connectivity index (χ4v) is 2.94. The predicted octanol–water partition coefficient (Wildman–Crippen LogP) is 2.54. The van der Waals surface area contributed by atoms with E-state index in [1.165, 1.54) is 18.4 Å². The Morgan fingerprint density at radius 3 is 2.67 bits per heavy atom. The molecule has 3 N–H and O–H groups in total. The molecule has 0 unspecified atom stereocenters. The summed E-state index contributed by atoms with van der Waals surface area (Å²) in [5.41, 5.74) is 2.73. The number of anilines is 1. The van der Waals surface area contributed by atoms with Gasteiger partial charge in [-0.3, -0.25) is 14.4 Å². The number of fused-ring (bicyclic) bond motifs is 1. The lowest BCUT2D eigenvalue weighted by Crippen LogP contribution is -2.35. The molecule has 0 saturated heterocycles. The summed E-state index contributed by atoms with van der Waals surface area (Å²) in [7, 11) is 0. The first kappa shape index (κ1) is 20.9. The molecule has 8 nitrogen and oxygen atoms in total. The van der Waals surface area contributed by atoms with Gasteiger partial charge in [0.25, 0.3) is 5.91 Å². The third-order valence-electron chi connectivity index (χ3n) is 4.46. The Balaban J connectivity index is 1.42. The quantitative estimate of drug-likeness (QED) is 0.491. The third-order valence-corrected chi connectivity index (χ3v) is 4.46. The van der Waals surface area contributed by atoms with Crippen molar-refractivity contribution in [3.8, 4) is 5.75 Å². The highest BCUT2D eigenvalue weighted by molar-refractivity contribution is 5.95. The van der Waals surface area contributed by atoms with Gasteiger partial charge in [0, 0.05) is 22.7 Å².